The van der Waals surface area contributed by atoms with Crippen LogP contribution in [-0.4, -0.2) is 59.2 Å². The van der Waals surface area contributed by atoms with Gasteiger partial charge >= 0.3 is 17.9 Å². The molecule has 0 aromatic heterocycles. The van der Waals surface area contributed by atoms with E-state index in [1.807, 2.05) is 5.01 Å². The molecule has 2 saturated heterocycles. The van der Waals surface area contributed by atoms with Gasteiger partial charge in [0, 0.05) is 12.5 Å². The number of fused-ring (bicyclic) bond motifs is 1. The van der Waals surface area contributed by atoms with Gasteiger partial charge in [-0.15, -0.1) is 0 Å². The molecule has 3 fully saturated rings. The van der Waals surface area contributed by atoms with E-state index in [1.54, 1.807) is 6.92 Å². The summed E-state index contributed by atoms with van der Waals surface area (Å²) in [6, 6.07) is -1.20. The molecule has 2 heterocycles. The minimum atomic E-state index is -0.889. The van der Waals surface area contributed by atoms with Crippen molar-refractivity contribution >= 4 is 17.9 Å². The first-order valence-corrected chi connectivity index (χ1v) is 12.7. The molecule has 0 radical (unpaired) electrons. The van der Waals surface area contributed by atoms with Crippen LogP contribution in [-0.2, 0) is 19.1 Å². The molecule has 2 aliphatic heterocycles. The van der Waals surface area contributed by atoms with Crippen molar-refractivity contribution in [3.05, 3.63) is 0 Å². The van der Waals surface area contributed by atoms with Crippen LogP contribution < -0.4 is 10.7 Å². The summed E-state index contributed by atoms with van der Waals surface area (Å²) >= 11 is 0. The number of esters is 2. The number of rotatable bonds is 11. The summed E-state index contributed by atoms with van der Waals surface area (Å²) in [5, 5.41) is 15.1. The van der Waals surface area contributed by atoms with Crippen LogP contribution in [0.15, 0.2) is 0 Å². The molecule has 0 bridgehead atoms. The largest absolute Gasteiger partial charge is 0.480 e. The summed E-state index contributed by atoms with van der Waals surface area (Å²) < 4.78 is 5.02. The predicted molar refractivity (Wildman–Crippen MR) is 121 cm³/mol. The maximum Gasteiger partial charge on any atom is 0.332 e. The van der Waals surface area contributed by atoms with Crippen LogP contribution in [0.3, 0.4) is 0 Å². The highest BCUT2D eigenvalue weighted by atomic mass is 16.6. The summed E-state index contributed by atoms with van der Waals surface area (Å²) in [5.74, 6) is -0.836. The van der Waals surface area contributed by atoms with Crippen molar-refractivity contribution in [2.75, 3.05) is 13.1 Å². The Morgan fingerprint density at radius 1 is 1.09 bits per heavy atom. The zero-order valence-electron chi connectivity index (χ0n) is 19.5. The SMILES string of the molecule is CCC(=O)OC(=O)C1CC2CCCCC2N1NC(CCCCCC1CCNCC1)C(=O)O. The van der Waals surface area contributed by atoms with Crippen LogP contribution >= 0.6 is 0 Å². The molecule has 182 valence electrons. The van der Waals surface area contributed by atoms with Crippen LogP contribution in [0.25, 0.3) is 0 Å². The number of carboxylic acid groups (broad SMARTS) is 1. The number of nitrogens with zero attached hydrogens (tertiary/aromatic N) is 1. The summed E-state index contributed by atoms with van der Waals surface area (Å²) in [7, 11) is 0. The van der Waals surface area contributed by atoms with E-state index in [-0.39, 0.29) is 12.5 Å². The van der Waals surface area contributed by atoms with Gasteiger partial charge in [-0.2, -0.15) is 0 Å². The molecule has 8 nitrogen and oxygen atoms in total. The lowest BCUT2D eigenvalue weighted by molar-refractivity contribution is -0.165. The molecule has 0 spiro atoms. The van der Waals surface area contributed by atoms with Crippen LogP contribution in [0.4, 0.5) is 0 Å². The number of hydrogen-bond acceptors (Lipinski definition) is 7. The number of nitrogens with one attached hydrogen (secondary N) is 2. The Hall–Kier alpha value is -1.51. The van der Waals surface area contributed by atoms with Crippen molar-refractivity contribution in [3.8, 4) is 0 Å². The van der Waals surface area contributed by atoms with Crippen LogP contribution in [0.1, 0.15) is 90.4 Å². The van der Waals surface area contributed by atoms with Crippen LogP contribution in [0.5, 0.6) is 0 Å². The number of carbonyl (C=O) groups is 3. The standard InChI is InChI=1S/C24H41N3O5/c1-2-22(28)32-24(31)21-16-18-9-6-7-11-20(18)27(21)26-19(23(29)30)10-5-3-4-8-17-12-14-25-15-13-17/h17-21,25-26H,2-16H2,1H3,(H,29,30). The fourth-order valence-electron chi connectivity index (χ4n) is 5.66. The van der Waals surface area contributed by atoms with Gasteiger partial charge in [0.25, 0.3) is 0 Å². The number of hydrogen-bond donors (Lipinski definition) is 3. The van der Waals surface area contributed by atoms with Gasteiger partial charge in [0.05, 0.1) is 0 Å². The Morgan fingerprint density at radius 2 is 1.84 bits per heavy atom. The normalized spacial score (nSPS) is 27.6. The fourth-order valence-corrected chi connectivity index (χ4v) is 5.66. The van der Waals surface area contributed by atoms with Gasteiger partial charge < -0.3 is 15.2 Å². The molecule has 4 unspecified atom stereocenters. The zero-order chi connectivity index (χ0) is 22.9. The molecular weight excluding hydrogens is 410 g/mol. The molecule has 0 aromatic carbocycles. The number of carboxylic acids is 1. The number of piperidine rings is 1. The average Bonchev–Trinajstić information content (AvgIpc) is 3.17. The highest BCUT2D eigenvalue weighted by Gasteiger charge is 2.47. The predicted octanol–water partition coefficient (Wildman–Crippen LogP) is 3.01. The fraction of sp³-hybridized carbons (Fsp3) is 0.875. The van der Waals surface area contributed by atoms with Crippen molar-refractivity contribution in [2.45, 2.75) is 109 Å². The van der Waals surface area contributed by atoms with Gasteiger partial charge in [0.1, 0.15) is 12.1 Å². The number of ether oxygens (including phenoxy) is 1. The van der Waals surface area contributed by atoms with Gasteiger partial charge in [-0.1, -0.05) is 45.4 Å². The molecule has 1 aliphatic carbocycles. The molecule has 1 saturated carbocycles. The van der Waals surface area contributed by atoms with Gasteiger partial charge in [0.2, 0.25) is 0 Å². The Kier molecular flexibility index (Phi) is 9.93. The van der Waals surface area contributed by atoms with Crippen molar-refractivity contribution in [1.29, 1.82) is 0 Å². The van der Waals surface area contributed by atoms with E-state index in [0.717, 1.165) is 64.0 Å². The summed E-state index contributed by atoms with van der Waals surface area (Å²) in [4.78, 5) is 36.4. The van der Waals surface area contributed by atoms with Gasteiger partial charge in [0.15, 0.2) is 0 Å². The van der Waals surface area contributed by atoms with Crippen LogP contribution in [0, 0.1) is 11.8 Å². The second kappa shape index (κ2) is 12.7. The van der Waals surface area contributed by atoms with E-state index in [0.29, 0.717) is 18.8 Å². The smallest absolute Gasteiger partial charge is 0.332 e. The van der Waals surface area contributed by atoms with E-state index < -0.39 is 30.0 Å². The lowest BCUT2D eigenvalue weighted by Crippen LogP contribution is -2.56. The Labute approximate surface area is 191 Å². The number of unbranched alkanes of at least 4 members (excludes halogenated alkanes) is 2. The number of hydrazine groups is 1. The van der Waals surface area contributed by atoms with Crippen molar-refractivity contribution in [3.63, 3.8) is 0 Å². The first-order chi connectivity index (χ1) is 15.5. The Balaban J connectivity index is 1.53. The maximum absolute atomic E-state index is 12.7. The van der Waals surface area contributed by atoms with E-state index >= 15 is 0 Å². The van der Waals surface area contributed by atoms with Gasteiger partial charge in [-0.05, 0) is 63.5 Å². The minimum Gasteiger partial charge on any atom is -0.480 e. The summed E-state index contributed by atoms with van der Waals surface area (Å²) in [6.07, 6.45) is 12.2. The molecule has 0 aromatic rings. The maximum atomic E-state index is 12.7. The lowest BCUT2D eigenvalue weighted by atomic mass is 9.85. The van der Waals surface area contributed by atoms with E-state index in [4.69, 9.17) is 4.74 Å². The summed E-state index contributed by atoms with van der Waals surface area (Å²) in [5.41, 5.74) is 3.19. The molecular formula is C24H41N3O5. The third kappa shape index (κ3) is 6.99. The number of carbonyl (C=O) groups excluding carboxylic acids is 2. The highest BCUT2D eigenvalue weighted by Crippen LogP contribution is 2.39. The van der Waals surface area contributed by atoms with Crippen molar-refractivity contribution in [1.82, 2.24) is 15.8 Å². The zero-order valence-corrected chi connectivity index (χ0v) is 19.5. The highest BCUT2D eigenvalue weighted by molar-refractivity contribution is 5.88. The quantitative estimate of drug-likeness (QED) is 0.250. The Bertz CT molecular complexity index is 637. The van der Waals surface area contributed by atoms with E-state index in [9.17, 15) is 19.5 Å². The van der Waals surface area contributed by atoms with E-state index in [2.05, 4.69) is 10.7 Å². The molecule has 3 aliphatic rings. The second-order valence-electron chi connectivity index (χ2n) is 9.77. The summed E-state index contributed by atoms with van der Waals surface area (Å²) in [6.45, 7) is 3.88. The molecule has 4 atom stereocenters. The topological polar surface area (TPSA) is 108 Å². The Morgan fingerprint density at radius 3 is 2.56 bits per heavy atom. The van der Waals surface area contributed by atoms with Gasteiger partial charge in [-0.25, -0.2) is 15.2 Å². The second-order valence-corrected chi connectivity index (χ2v) is 9.77. The third-order valence-electron chi connectivity index (χ3n) is 7.53. The molecule has 32 heavy (non-hydrogen) atoms. The third-order valence-corrected chi connectivity index (χ3v) is 7.53. The monoisotopic (exact) mass is 451 g/mol. The minimum absolute atomic E-state index is 0.125. The molecule has 3 N–H and O–H groups in total. The lowest BCUT2D eigenvalue weighted by Gasteiger charge is -2.35. The number of aliphatic carboxylic acids is 1. The molecule has 3 rings (SSSR count). The average molecular weight is 452 g/mol. The van der Waals surface area contributed by atoms with E-state index in [1.165, 1.54) is 19.3 Å². The van der Waals surface area contributed by atoms with Gasteiger partial charge in [-0.3, -0.25) is 9.59 Å². The first kappa shape index (κ1) is 25.1. The molecule has 8 heteroatoms. The molecule has 0 amide bonds. The van der Waals surface area contributed by atoms with Crippen molar-refractivity contribution in [2.24, 2.45) is 11.8 Å². The van der Waals surface area contributed by atoms with Crippen molar-refractivity contribution < 1.29 is 24.2 Å². The van der Waals surface area contributed by atoms with Crippen LogP contribution in [0.2, 0.25) is 0 Å². The first-order valence-electron chi connectivity index (χ1n) is 12.7.